The Morgan fingerprint density at radius 3 is 2.59 bits per heavy atom. The van der Waals surface area contributed by atoms with Crippen molar-refractivity contribution in [3.8, 4) is 5.69 Å². The van der Waals surface area contributed by atoms with E-state index in [2.05, 4.69) is 20.7 Å². The minimum absolute atomic E-state index is 0.0648. The molecular formula is C23H24FN7O3. The monoisotopic (exact) mass is 465 g/mol. The predicted octanol–water partition coefficient (Wildman–Crippen LogP) is 2.43. The van der Waals surface area contributed by atoms with E-state index < -0.39 is 17.3 Å². The molecule has 0 bridgehead atoms. The molecule has 3 heterocycles. The van der Waals surface area contributed by atoms with E-state index in [1.807, 2.05) is 0 Å². The molecule has 1 saturated carbocycles. The van der Waals surface area contributed by atoms with Crippen molar-refractivity contribution in [2.75, 3.05) is 17.7 Å². The Morgan fingerprint density at radius 1 is 1.24 bits per heavy atom. The van der Waals surface area contributed by atoms with Crippen molar-refractivity contribution in [3.05, 3.63) is 76.6 Å². The number of nitrogens with zero attached hydrogens (tertiary/aromatic N) is 4. The normalized spacial score (nSPS) is 13.0. The van der Waals surface area contributed by atoms with E-state index in [9.17, 15) is 14.0 Å². The van der Waals surface area contributed by atoms with Gasteiger partial charge in [-0.25, -0.2) is 9.37 Å². The van der Waals surface area contributed by atoms with E-state index in [4.69, 9.17) is 10.8 Å². The van der Waals surface area contributed by atoms with Crippen molar-refractivity contribution in [1.82, 2.24) is 19.2 Å². The number of aliphatic hydroxyl groups excluding tert-OH is 1. The number of hydrogen-bond acceptors (Lipinski definition) is 7. The van der Waals surface area contributed by atoms with Crippen molar-refractivity contribution < 1.29 is 14.3 Å². The average molecular weight is 465 g/mol. The Bertz CT molecular complexity index is 1400. The highest BCUT2D eigenvalue weighted by Crippen LogP contribution is 2.21. The van der Waals surface area contributed by atoms with Crippen molar-refractivity contribution in [2.24, 2.45) is 5.73 Å². The van der Waals surface area contributed by atoms with Crippen molar-refractivity contribution in [1.29, 1.82) is 0 Å². The molecule has 0 unspecified atom stereocenters. The molecule has 0 aliphatic heterocycles. The number of amides is 1. The second-order valence-electron chi connectivity index (χ2n) is 7.69. The number of halogens is 1. The van der Waals surface area contributed by atoms with Gasteiger partial charge < -0.3 is 21.5 Å². The zero-order valence-electron chi connectivity index (χ0n) is 18.4. The molecule has 1 fully saturated rings. The molecule has 11 heteroatoms. The zero-order valence-corrected chi connectivity index (χ0v) is 18.4. The lowest BCUT2D eigenvalue weighted by atomic mass is 9.97. The van der Waals surface area contributed by atoms with Crippen LogP contribution in [0.25, 0.3) is 11.3 Å². The Morgan fingerprint density at radius 2 is 1.97 bits per heavy atom. The van der Waals surface area contributed by atoms with Gasteiger partial charge in [-0.1, -0.05) is 12.1 Å². The molecule has 0 radical (unpaired) electrons. The van der Waals surface area contributed by atoms with Gasteiger partial charge in [-0.2, -0.15) is 9.61 Å². The van der Waals surface area contributed by atoms with E-state index in [0.29, 0.717) is 5.82 Å². The number of rotatable bonds is 5. The van der Waals surface area contributed by atoms with Gasteiger partial charge in [0.2, 0.25) is 0 Å². The molecule has 5 rings (SSSR count). The first-order valence-electron chi connectivity index (χ1n) is 10.7. The Kier molecular flexibility index (Phi) is 6.55. The van der Waals surface area contributed by atoms with Gasteiger partial charge in [-0.15, -0.1) is 0 Å². The third kappa shape index (κ3) is 4.59. The van der Waals surface area contributed by atoms with Gasteiger partial charge in [0.1, 0.15) is 28.7 Å². The summed E-state index contributed by atoms with van der Waals surface area (Å²) in [6.07, 6.45) is 6.18. The summed E-state index contributed by atoms with van der Waals surface area (Å²) >= 11 is 0. The maximum atomic E-state index is 14.1. The molecule has 0 spiro atoms. The molecule has 4 aromatic rings. The van der Waals surface area contributed by atoms with Gasteiger partial charge in [0.15, 0.2) is 5.65 Å². The van der Waals surface area contributed by atoms with Crippen LogP contribution < -0.4 is 21.9 Å². The molecule has 3 aromatic heterocycles. The lowest BCUT2D eigenvalue weighted by molar-refractivity contribution is 0.0949. The summed E-state index contributed by atoms with van der Waals surface area (Å²) in [7, 11) is 1.68. The first kappa shape index (κ1) is 22.9. The van der Waals surface area contributed by atoms with E-state index >= 15 is 0 Å². The summed E-state index contributed by atoms with van der Waals surface area (Å²) in [5.41, 5.74) is 5.60. The number of hydrogen-bond donors (Lipinski definition) is 4. The topological polar surface area (TPSA) is 140 Å². The second-order valence-corrected chi connectivity index (χ2v) is 7.69. The number of primary amides is 1. The number of benzene rings is 1. The molecule has 1 aliphatic carbocycles. The Balaban J connectivity index is 0.000000486. The van der Waals surface area contributed by atoms with E-state index in [1.165, 1.54) is 40.0 Å². The van der Waals surface area contributed by atoms with Crippen molar-refractivity contribution >= 4 is 28.9 Å². The van der Waals surface area contributed by atoms with Crippen LogP contribution in [0.5, 0.6) is 0 Å². The fourth-order valence-corrected chi connectivity index (χ4v) is 3.33. The van der Waals surface area contributed by atoms with Crippen LogP contribution >= 0.6 is 0 Å². The lowest BCUT2D eigenvalue weighted by Gasteiger charge is -2.17. The van der Waals surface area contributed by atoms with Crippen molar-refractivity contribution in [2.45, 2.75) is 25.4 Å². The Hall–Kier alpha value is -4.25. The number of pyridine rings is 1. The Labute approximate surface area is 193 Å². The number of nitrogens with two attached hydrogens (primary N) is 1. The maximum absolute atomic E-state index is 14.1. The van der Waals surface area contributed by atoms with Crippen LogP contribution in [-0.4, -0.2) is 43.3 Å². The summed E-state index contributed by atoms with van der Waals surface area (Å²) in [6, 6.07) is 10.8. The minimum Gasteiger partial charge on any atom is -0.393 e. The highest BCUT2D eigenvalue weighted by molar-refractivity contribution is 5.98. The maximum Gasteiger partial charge on any atom is 0.278 e. The van der Waals surface area contributed by atoms with E-state index in [0.717, 1.165) is 12.8 Å². The minimum atomic E-state index is -0.673. The summed E-state index contributed by atoms with van der Waals surface area (Å²) in [4.78, 5) is 28.8. The predicted molar refractivity (Wildman–Crippen MR) is 126 cm³/mol. The fourth-order valence-electron chi connectivity index (χ4n) is 3.33. The molecule has 0 saturated heterocycles. The molecule has 176 valence electrons. The quantitative estimate of drug-likeness (QED) is 0.355. The third-order valence-electron chi connectivity index (χ3n) is 5.39. The third-order valence-corrected chi connectivity index (χ3v) is 5.39. The highest BCUT2D eigenvalue weighted by Gasteiger charge is 2.16. The van der Waals surface area contributed by atoms with Gasteiger partial charge >= 0.3 is 0 Å². The summed E-state index contributed by atoms with van der Waals surface area (Å²) in [5.74, 6) is -0.383. The molecule has 5 N–H and O–H groups in total. The van der Waals surface area contributed by atoms with Crippen LogP contribution in [0.1, 0.15) is 29.6 Å². The number of carbonyl (C=O) groups is 1. The number of aromatic nitrogens is 4. The van der Waals surface area contributed by atoms with Crippen LogP contribution in [0, 0.1) is 5.82 Å². The number of fused-ring (bicyclic) bond motifs is 1. The molecule has 1 aliphatic rings. The molecule has 10 nitrogen and oxygen atoms in total. The first-order chi connectivity index (χ1) is 16.4. The largest absolute Gasteiger partial charge is 0.393 e. The summed E-state index contributed by atoms with van der Waals surface area (Å²) in [6.45, 7) is 0. The van der Waals surface area contributed by atoms with Gasteiger partial charge in [0.25, 0.3) is 11.5 Å². The van der Waals surface area contributed by atoms with E-state index in [1.54, 1.807) is 37.4 Å². The molecule has 34 heavy (non-hydrogen) atoms. The molecular weight excluding hydrogens is 441 g/mol. The number of anilines is 3. The van der Waals surface area contributed by atoms with Crippen molar-refractivity contribution in [3.63, 3.8) is 0 Å². The van der Waals surface area contributed by atoms with Crippen LogP contribution in [-0.2, 0) is 0 Å². The molecule has 1 aromatic carbocycles. The van der Waals surface area contributed by atoms with Gasteiger partial charge in [0, 0.05) is 19.3 Å². The standard InChI is InChI=1S/C19H16FN7O2.C4H8O/c1-22-16-9-15(25-18-11(17(21)28)10-23-27(16)18)24-13-6-4-8-26(19(13)29)14-7-3-2-5-12(14)20;5-4-2-1-3-4/h2-10,22H,1H3,(H2,21,28)(H,24,25);4-5H,1-3H2. The first-order valence-corrected chi connectivity index (χ1v) is 10.7. The van der Waals surface area contributed by atoms with Crippen LogP contribution in [0.4, 0.5) is 21.7 Å². The van der Waals surface area contributed by atoms with Crippen LogP contribution in [0.2, 0.25) is 0 Å². The number of aliphatic hydroxyl groups is 1. The average Bonchev–Trinajstić information content (AvgIpc) is 3.24. The SMILES string of the molecule is CNc1cc(Nc2cccn(-c3ccccc3F)c2=O)nc2c(C(N)=O)cnn12.OC1CCC1. The summed E-state index contributed by atoms with van der Waals surface area (Å²) in [5, 5.41) is 18.4. The second kappa shape index (κ2) is 9.71. The molecule has 0 atom stereocenters. The molecule has 1 amide bonds. The van der Waals surface area contributed by atoms with E-state index in [-0.39, 0.29) is 34.5 Å². The van der Waals surface area contributed by atoms with Crippen LogP contribution in [0.3, 0.4) is 0 Å². The number of nitrogens with one attached hydrogen (secondary N) is 2. The zero-order chi connectivity index (χ0) is 24.2. The smallest absolute Gasteiger partial charge is 0.278 e. The number of carbonyl (C=O) groups excluding carboxylic acids is 1. The van der Waals surface area contributed by atoms with Gasteiger partial charge in [0.05, 0.1) is 18.0 Å². The highest BCUT2D eigenvalue weighted by atomic mass is 19.1. The van der Waals surface area contributed by atoms with Gasteiger partial charge in [-0.3, -0.25) is 14.2 Å². The summed E-state index contributed by atoms with van der Waals surface area (Å²) < 4.78 is 16.7. The van der Waals surface area contributed by atoms with Gasteiger partial charge in [-0.05, 0) is 43.5 Å². The van der Waals surface area contributed by atoms with Crippen LogP contribution in [0.15, 0.2) is 59.7 Å². The fraction of sp³-hybridized carbons (Fsp3) is 0.217. The number of para-hydroxylation sites is 1. The lowest BCUT2D eigenvalue weighted by Crippen LogP contribution is -2.21.